The molecule has 0 unspecified atom stereocenters. The van der Waals surface area contributed by atoms with Gasteiger partial charge in [-0.25, -0.2) is 0 Å². The van der Waals surface area contributed by atoms with Gasteiger partial charge >= 0.3 is 0 Å². The highest BCUT2D eigenvalue weighted by molar-refractivity contribution is 5.76. The molecule has 0 saturated carbocycles. The zero-order valence-electron chi connectivity index (χ0n) is 12.5. The summed E-state index contributed by atoms with van der Waals surface area (Å²) in [6.45, 7) is 11.9. The van der Waals surface area contributed by atoms with E-state index in [0.717, 1.165) is 0 Å². The molecule has 0 aliphatic carbocycles. The summed E-state index contributed by atoms with van der Waals surface area (Å²) in [6.07, 6.45) is 2.23. The van der Waals surface area contributed by atoms with Crippen molar-refractivity contribution in [3.8, 4) is 11.5 Å². The van der Waals surface area contributed by atoms with Crippen molar-refractivity contribution in [1.82, 2.24) is 0 Å². The molecule has 0 aromatic heterocycles. The van der Waals surface area contributed by atoms with Gasteiger partial charge in [0.15, 0.2) is 0 Å². The summed E-state index contributed by atoms with van der Waals surface area (Å²) in [5.41, 5.74) is 0.604. The van der Waals surface area contributed by atoms with E-state index in [0.29, 0.717) is 30.2 Å². The molecule has 0 atom stereocenters. The van der Waals surface area contributed by atoms with Crippen molar-refractivity contribution in [2.24, 2.45) is 0 Å². The van der Waals surface area contributed by atoms with E-state index >= 15 is 0 Å². The number of anilines is 1. The van der Waals surface area contributed by atoms with Gasteiger partial charge in [0.05, 0.1) is 12.8 Å². The van der Waals surface area contributed by atoms with Crippen LogP contribution in [-0.4, -0.2) is 20.1 Å². The van der Waals surface area contributed by atoms with Gasteiger partial charge < -0.3 is 14.8 Å². The average molecular weight is 267 g/mol. The molecular weight excluding hydrogens is 242 g/mol. The Morgan fingerprint density at radius 1 is 1.26 bits per heavy atom. The van der Waals surface area contributed by atoms with Crippen LogP contribution in [0, 0.1) is 0 Å². The normalized spacial score (nSPS) is 7.84. The third kappa shape index (κ3) is 7.86. The molecule has 0 heterocycles. The third-order valence-corrected chi connectivity index (χ3v) is 1.76. The van der Waals surface area contributed by atoms with Crippen molar-refractivity contribution in [2.75, 3.05) is 19.0 Å². The molecule has 1 aromatic carbocycles. The van der Waals surface area contributed by atoms with Crippen LogP contribution >= 0.6 is 0 Å². The summed E-state index contributed by atoms with van der Waals surface area (Å²) in [6, 6.07) is 5.16. The zero-order valence-corrected chi connectivity index (χ0v) is 12.5. The van der Waals surface area contributed by atoms with Crippen LogP contribution in [0.25, 0.3) is 0 Å². The standard InChI is InChI=1S/C11H13NO3.2C2H6/c1-3-6-15-11-7-9(14-2)4-5-10(11)12-8-13;2*1-2/h3-5,7-8H,1,6H2,2H3,(H,12,13);2*1-2H3. The van der Waals surface area contributed by atoms with Crippen LogP contribution in [0.4, 0.5) is 5.69 Å². The zero-order chi connectivity index (χ0) is 15.1. The largest absolute Gasteiger partial charge is 0.497 e. The second-order valence-corrected chi connectivity index (χ2v) is 2.72. The average Bonchev–Trinajstić information content (AvgIpc) is 2.50. The smallest absolute Gasteiger partial charge is 0.211 e. The Hall–Kier alpha value is -1.97. The van der Waals surface area contributed by atoms with Gasteiger partial charge in [-0.1, -0.05) is 40.3 Å². The maximum absolute atomic E-state index is 10.3. The van der Waals surface area contributed by atoms with Crippen molar-refractivity contribution in [3.63, 3.8) is 0 Å². The monoisotopic (exact) mass is 267 g/mol. The summed E-state index contributed by atoms with van der Waals surface area (Å²) >= 11 is 0. The second-order valence-electron chi connectivity index (χ2n) is 2.72. The number of amides is 1. The molecule has 1 rings (SSSR count). The maximum atomic E-state index is 10.3. The maximum Gasteiger partial charge on any atom is 0.211 e. The lowest BCUT2D eigenvalue weighted by molar-refractivity contribution is -0.105. The SMILES string of the molecule is C=CCOc1cc(OC)ccc1NC=O.CC.CC. The van der Waals surface area contributed by atoms with Crippen molar-refractivity contribution in [2.45, 2.75) is 27.7 Å². The van der Waals surface area contributed by atoms with Crippen LogP contribution in [0.2, 0.25) is 0 Å². The molecule has 108 valence electrons. The van der Waals surface area contributed by atoms with Gasteiger partial charge in [-0.3, -0.25) is 4.79 Å². The number of hydrogen-bond donors (Lipinski definition) is 1. The van der Waals surface area contributed by atoms with Gasteiger partial charge in [0.2, 0.25) is 6.41 Å². The molecule has 4 nitrogen and oxygen atoms in total. The first-order valence-corrected chi connectivity index (χ1v) is 6.43. The van der Waals surface area contributed by atoms with Crippen molar-refractivity contribution >= 4 is 12.1 Å². The van der Waals surface area contributed by atoms with Gasteiger partial charge in [-0.05, 0) is 12.1 Å². The summed E-state index contributed by atoms with van der Waals surface area (Å²) in [4.78, 5) is 10.3. The van der Waals surface area contributed by atoms with Crippen molar-refractivity contribution < 1.29 is 14.3 Å². The minimum Gasteiger partial charge on any atom is -0.497 e. The predicted octanol–water partition coefficient (Wildman–Crippen LogP) is 3.88. The van der Waals surface area contributed by atoms with E-state index < -0.39 is 0 Å². The first kappa shape index (κ1) is 19.4. The van der Waals surface area contributed by atoms with Gasteiger partial charge in [-0.15, -0.1) is 0 Å². The summed E-state index contributed by atoms with van der Waals surface area (Å²) in [5, 5.41) is 2.54. The molecule has 0 radical (unpaired) electrons. The molecule has 0 bridgehead atoms. The number of methoxy groups -OCH3 is 1. The van der Waals surface area contributed by atoms with Crippen LogP contribution in [0.15, 0.2) is 30.9 Å². The van der Waals surface area contributed by atoms with E-state index in [9.17, 15) is 4.79 Å². The van der Waals surface area contributed by atoms with Crippen LogP contribution < -0.4 is 14.8 Å². The van der Waals surface area contributed by atoms with Crippen molar-refractivity contribution in [1.29, 1.82) is 0 Å². The number of ether oxygens (including phenoxy) is 2. The topological polar surface area (TPSA) is 47.6 Å². The Balaban J connectivity index is 0. The lowest BCUT2D eigenvalue weighted by Gasteiger charge is -2.10. The number of carbonyl (C=O) groups is 1. The van der Waals surface area contributed by atoms with Crippen LogP contribution in [-0.2, 0) is 4.79 Å². The van der Waals surface area contributed by atoms with Gasteiger partial charge in [-0.2, -0.15) is 0 Å². The van der Waals surface area contributed by atoms with E-state index in [1.54, 1.807) is 31.4 Å². The van der Waals surface area contributed by atoms with Crippen LogP contribution in [0.3, 0.4) is 0 Å². The van der Waals surface area contributed by atoms with Crippen molar-refractivity contribution in [3.05, 3.63) is 30.9 Å². The summed E-state index contributed by atoms with van der Waals surface area (Å²) in [5.74, 6) is 1.23. The summed E-state index contributed by atoms with van der Waals surface area (Å²) < 4.78 is 10.4. The Labute approximate surface area is 116 Å². The lowest BCUT2D eigenvalue weighted by atomic mass is 10.2. The highest BCUT2D eigenvalue weighted by Gasteiger charge is 2.04. The Morgan fingerprint density at radius 3 is 2.37 bits per heavy atom. The lowest BCUT2D eigenvalue weighted by Crippen LogP contribution is -2.00. The number of benzene rings is 1. The fraction of sp³-hybridized carbons (Fsp3) is 0.400. The second kappa shape index (κ2) is 14.1. The number of nitrogens with one attached hydrogen (secondary N) is 1. The van der Waals surface area contributed by atoms with E-state index in [1.165, 1.54) is 0 Å². The first-order valence-electron chi connectivity index (χ1n) is 6.43. The predicted molar refractivity (Wildman–Crippen MR) is 81.1 cm³/mol. The Morgan fingerprint density at radius 2 is 1.89 bits per heavy atom. The minimum atomic E-state index is 0.376. The molecule has 0 spiro atoms. The highest BCUT2D eigenvalue weighted by atomic mass is 16.5. The molecule has 0 saturated heterocycles. The molecule has 1 aromatic rings. The number of hydrogen-bond acceptors (Lipinski definition) is 3. The van der Waals surface area contributed by atoms with E-state index in [1.807, 2.05) is 27.7 Å². The molecule has 0 aliphatic heterocycles. The quantitative estimate of drug-likeness (QED) is 0.628. The van der Waals surface area contributed by atoms with E-state index in [2.05, 4.69) is 11.9 Å². The van der Waals surface area contributed by atoms with Gasteiger partial charge in [0.25, 0.3) is 0 Å². The first-order chi connectivity index (χ1) is 9.31. The molecule has 0 fully saturated rings. The number of carbonyl (C=O) groups excluding carboxylic acids is 1. The number of rotatable bonds is 6. The Kier molecular flexibility index (Phi) is 14.4. The molecule has 4 heteroatoms. The molecular formula is C15H25NO3. The summed E-state index contributed by atoms with van der Waals surface area (Å²) in [7, 11) is 1.57. The Bertz CT molecular complexity index is 351. The van der Waals surface area contributed by atoms with Gasteiger partial charge in [0, 0.05) is 6.07 Å². The minimum absolute atomic E-state index is 0.376. The highest BCUT2D eigenvalue weighted by Crippen LogP contribution is 2.28. The van der Waals surface area contributed by atoms with Crippen LogP contribution in [0.1, 0.15) is 27.7 Å². The molecule has 1 N–H and O–H groups in total. The van der Waals surface area contributed by atoms with Crippen LogP contribution in [0.5, 0.6) is 11.5 Å². The molecule has 19 heavy (non-hydrogen) atoms. The molecule has 1 amide bonds. The molecule has 0 aliphatic rings. The van der Waals surface area contributed by atoms with E-state index in [4.69, 9.17) is 9.47 Å². The third-order valence-electron chi connectivity index (χ3n) is 1.76. The van der Waals surface area contributed by atoms with Gasteiger partial charge in [0.1, 0.15) is 18.1 Å². The fourth-order valence-corrected chi connectivity index (χ4v) is 1.08. The fourth-order valence-electron chi connectivity index (χ4n) is 1.08. The van der Waals surface area contributed by atoms with E-state index in [-0.39, 0.29) is 0 Å².